The molecule has 0 saturated heterocycles. The smallest absolute Gasteiger partial charge is 0.332 e. The third-order valence-corrected chi connectivity index (χ3v) is 5.60. The zero-order valence-electron chi connectivity index (χ0n) is 15.0. The van der Waals surface area contributed by atoms with Crippen LogP contribution in [0.2, 0.25) is 0 Å². The average Bonchev–Trinajstić information content (AvgIpc) is 3.08. The van der Waals surface area contributed by atoms with E-state index in [1.165, 1.54) is 6.08 Å². The van der Waals surface area contributed by atoms with Gasteiger partial charge in [0.25, 0.3) is 0 Å². The number of phenolic OH excluding ortho intramolecular Hbond substituents is 2. The van der Waals surface area contributed by atoms with E-state index >= 15 is 0 Å². The summed E-state index contributed by atoms with van der Waals surface area (Å²) in [6.07, 6.45) is 3.16. The van der Waals surface area contributed by atoms with Crippen molar-refractivity contribution in [1.29, 1.82) is 0 Å². The normalized spacial score (nSPS) is 19.2. The molecule has 0 saturated carbocycles. The van der Waals surface area contributed by atoms with Crippen LogP contribution in [0.3, 0.4) is 0 Å². The number of fused-ring (bicyclic) bond motifs is 7. The number of rotatable bonds is 0. The van der Waals surface area contributed by atoms with Crippen LogP contribution in [0, 0.1) is 0 Å². The van der Waals surface area contributed by atoms with Crippen molar-refractivity contribution in [1.82, 2.24) is 0 Å². The largest absolute Gasteiger partial charge is 0.508 e. The van der Waals surface area contributed by atoms with Gasteiger partial charge in [-0.2, -0.15) is 0 Å². The second kappa shape index (κ2) is 5.29. The van der Waals surface area contributed by atoms with Crippen molar-refractivity contribution in [2.24, 2.45) is 0 Å². The molecule has 2 N–H and O–H groups in total. The van der Waals surface area contributed by atoms with Crippen molar-refractivity contribution in [3.8, 4) is 23.0 Å². The molecule has 0 radical (unpaired) electrons. The molecule has 6 rings (SSSR count). The van der Waals surface area contributed by atoms with Crippen LogP contribution in [0.25, 0.3) is 21.5 Å². The number of phenols is 2. The topological polar surface area (TPSA) is 76.0 Å². The van der Waals surface area contributed by atoms with Gasteiger partial charge in [0.05, 0.1) is 5.56 Å². The van der Waals surface area contributed by atoms with Gasteiger partial charge in [-0.3, -0.25) is 0 Å². The first-order chi connectivity index (χ1) is 14.0. The van der Waals surface area contributed by atoms with E-state index in [1.807, 2.05) is 36.4 Å². The number of hydrogen-bond acceptors (Lipinski definition) is 5. The van der Waals surface area contributed by atoms with Crippen LogP contribution in [0.4, 0.5) is 0 Å². The first-order valence-electron chi connectivity index (χ1n) is 9.17. The number of carbonyl (C=O) groups excluding carboxylic acids is 1. The molecule has 0 amide bonds. The van der Waals surface area contributed by atoms with Gasteiger partial charge in [0.2, 0.25) is 0 Å². The predicted octanol–water partition coefficient (Wildman–Crippen LogP) is 4.87. The molecule has 29 heavy (non-hydrogen) atoms. The van der Waals surface area contributed by atoms with Gasteiger partial charge < -0.3 is 19.7 Å². The third kappa shape index (κ3) is 2.12. The molecule has 1 spiro atoms. The van der Waals surface area contributed by atoms with Crippen molar-refractivity contribution in [2.75, 3.05) is 0 Å². The number of carbonyl (C=O) groups is 1. The molecular formula is C24H14O5. The SMILES string of the molecule is O=C1C=C[C@]2(O1)c1cc3ccc(O)cc3cc1Oc1ccc3ccc(O)cc3c12. The highest BCUT2D eigenvalue weighted by Crippen LogP contribution is 2.54. The molecule has 5 heteroatoms. The maximum atomic E-state index is 12.2. The Balaban J connectivity index is 1.73. The number of ether oxygens (including phenoxy) is 2. The van der Waals surface area contributed by atoms with E-state index in [0.717, 1.165) is 21.5 Å². The minimum absolute atomic E-state index is 0.120. The van der Waals surface area contributed by atoms with Gasteiger partial charge >= 0.3 is 5.97 Å². The summed E-state index contributed by atoms with van der Waals surface area (Å²) >= 11 is 0. The Morgan fingerprint density at radius 2 is 1.52 bits per heavy atom. The fourth-order valence-electron chi connectivity index (χ4n) is 4.34. The number of esters is 1. The molecule has 1 atom stereocenters. The van der Waals surface area contributed by atoms with Crippen LogP contribution in [-0.4, -0.2) is 16.2 Å². The molecule has 0 fully saturated rings. The lowest BCUT2D eigenvalue weighted by Gasteiger charge is -2.36. The van der Waals surface area contributed by atoms with Crippen molar-refractivity contribution in [2.45, 2.75) is 5.60 Å². The van der Waals surface area contributed by atoms with Gasteiger partial charge in [0.15, 0.2) is 5.60 Å². The quantitative estimate of drug-likeness (QED) is 0.425. The van der Waals surface area contributed by atoms with Crippen LogP contribution in [-0.2, 0) is 15.1 Å². The lowest BCUT2D eigenvalue weighted by atomic mass is 9.80. The van der Waals surface area contributed by atoms with Crippen molar-refractivity contribution in [3.05, 3.63) is 83.9 Å². The van der Waals surface area contributed by atoms with Crippen LogP contribution in [0.5, 0.6) is 23.0 Å². The van der Waals surface area contributed by atoms with Gasteiger partial charge in [-0.1, -0.05) is 18.2 Å². The summed E-state index contributed by atoms with van der Waals surface area (Å²) in [5.74, 6) is 0.946. The van der Waals surface area contributed by atoms with Crippen molar-refractivity contribution in [3.63, 3.8) is 0 Å². The third-order valence-electron chi connectivity index (χ3n) is 5.60. The monoisotopic (exact) mass is 382 g/mol. The molecule has 140 valence electrons. The zero-order valence-corrected chi connectivity index (χ0v) is 15.0. The van der Waals surface area contributed by atoms with Gasteiger partial charge in [0, 0.05) is 11.6 Å². The summed E-state index contributed by atoms with van der Waals surface area (Å²) in [6.45, 7) is 0. The number of benzene rings is 4. The molecule has 2 aliphatic rings. The van der Waals surface area contributed by atoms with Gasteiger partial charge in [0.1, 0.15) is 23.0 Å². The number of aromatic hydroxyl groups is 2. The first-order valence-corrected chi connectivity index (χ1v) is 9.17. The minimum atomic E-state index is -1.15. The van der Waals surface area contributed by atoms with Crippen LogP contribution < -0.4 is 4.74 Å². The summed E-state index contributed by atoms with van der Waals surface area (Å²) in [7, 11) is 0. The molecule has 2 aliphatic heterocycles. The summed E-state index contributed by atoms with van der Waals surface area (Å²) in [6, 6.07) is 17.7. The van der Waals surface area contributed by atoms with Crippen LogP contribution in [0.1, 0.15) is 11.1 Å². The van der Waals surface area contributed by atoms with E-state index < -0.39 is 11.6 Å². The second-order valence-corrected chi connectivity index (χ2v) is 7.32. The van der Waals surface area contributed by atoms with Crippen molar-refractivity contribution < 1.29 is 24.5 Å². The van der Waals surface area contributed by atoms with E-state index in [2.05, 4.69) is 0 Å². The van der Waals surface area contributed by atoms with Crippen LogP contribution in [0.15, 0.2) is 72.8 Å². The number of hydrogen-bond donors (Lipinski definition) is 2. The van der Waals surface area contributed by atoms with E-state index in [4.69, 9.17) is 9.47 Å². The molecule has 0 unspecified atom stereocenters. The molecule has 5 nitrogen and oxygen atoms in total. The van der Waals surface area contributed by atoms with Crippen molar-refractivity contribution >= 4 is 27.5 Å². The lowest BCUT2D eigenvalue weighted by Crippen LogP contribution is -2.31. The lowest BCUT2D eigenvalue weighted by molar-refractivity contribution is -0.143. The molecule has 0 aromatic heterocycles. The minimum Gasteiger partial charge on any atom is -0.508 e. The summed E-state index contributed by atoms with van der Waals surface area (Å²) in [5.41, 5.74) is 0.221. The Bertz CT molecular complexity index is 1400. The first kappa shape index (κ1) is 16.0. The highest BCUT2D eigenvalue weighted by Gasteiger charge is 2.47. The molecule has 0 aliphatic carbocycles. The maximum Gasteiger partial charge on any atom is 0.332 e. The van der Waals surface area contributed by atoms with E-state index in [0.29, 0.717) is 22.6 Å². The average molecular weight is 382 g/mol. The van der Waals surface area contributed by atoms with Gasteiger partial charge in [-0.05, 0) is 70.1 Å². The van der Waals surface area contributed by atoms with Gasteiger partial charge in [-0.15, -0.1) is 0 Å². The summed E-state index contributed by atoms with van der Waals surface area (Å²) in [4.78, 5) is 12.2. The maximum absolute atomic E-state index is 12.2. The molecule has 4 aromatic carbocycles. The fourth-order valence-corrected chi connectivity index (χ4v) is 4.34. The van der Waals surface area contributed by atoms with E-state index in [1.54, 1.807) is 30.3 Å². The second-order valence-electron chi connectivity index (χ2n) is 7.32. The highest BCUT2D eigenvalue weighted by molar-refractivity contribution is 5.96. The standard InChI is InChI=1S/C24H14O5/c25-16-5-2-14-10-19-21(11-15(14)9-16)28-20-6-3-13-1-4-17(26)12-18(13)23(20)24(19)8-7-22(27)29-24/h1-12,25-26H/t24-/m0/s1. The summed E-state index contributed by atoms with van der Waals surface area (Å²) < 4.78 is 12.1. The Morgan fingerprint density at radius 3 is 2.31 bits per heavy atom. The Morgan fingerprint density at radius 1 is 0.759 bits per heavy atom. The Hall–Kier alpha value is -3.99. The predicted molar refractivity (Wildman–Crippen MR) is 107 cm³/mol. The molecule has 4 aromatic rings. The van der Waals surface area contributed by atoms with Crippen LogP contribution >= 0.6 is 0 Å². The fraction of sp³-hybridized carbons (Fsp3) is 0.0417. The summed E-state index contributed by atoms with van der Waals surface area (Å²) in [5, 5.41) is 23.3. The Kier molecular flexibility index (Phi) is 2.92. The molecular weight excluding hydrogens is 368 g/mol. The Labute approximate surface area is 165 Å². The van der Waals surface area contributed by atoms with Gasteiger partial charge in [-0.25, -0.2) is 4.79 Å². The molecule has 2 heterocycles. The van der Waals surface area contributed by atoms with E-state index in [9.17, 15) is 15.0 Å². The molecule has 0 bridgehead atoms. The van der Waals surface area contributed by atoms with E-state index in [-0.39, 0.29) is 11.5 Å². The zero-order chi connectivity index (χ0) is 19.8. The highest BCUT2D eigenvalue weighted by atomic mass is 16.6.